The Kier molecular flexibility index (Phi) is 6.99. The third-order valence-electron chi connectivity index (χ3n) is 11.9. The highest BCUT2D eigenvalue weighted by molar-refractivity contribution is 7.98. The van der Waals surface area contributed by atoms with Gasteiger partial charge < -0.3 is 9.47 Å². The van der Waals surface area contributed by atoms with Crippen LogP contribution in [0.4, 0.5) is 17.1 Å². The molecular formula is C51H38N2S. The number of fused-ring (bicyclic) bond motifs is 8. The van der Waals surface area contributed by atoms with Crippen LogP contribution in [0.2, 0.25) is 0 Å². The molecule has 8 aromatic carbocycles. The monoisotopic (exact) mass is 710 g/mol. The van der Waals surface area contributed by atoms with Crippen molar-refractivity contribution < 1.29 is 0 Å². The van der Waals surface area contributed by atoms with Crippen molar-refractivity contribution in [3.8, 4) is 27.9 Å². The quantitative estimate of drug-likeness (QED) is 0.176. The molecule has 0 atom stereocenters. The summed E-state index contributed by atoms with van der Waals surface area (Å²) < 4.78 is 2.42. The van der Waals surface area contributed by atoms with Gasteiger partial charge in [0.2, 0.25) is 0 Å². The molecule has 54 heavy (non-hydrogen) atoms. The van der Waals surface area contributed by atoms with E-state index in [1.807, 2.05) is 11.8 Å². The first kappa shape index (κ1) is 31.5. The first-order chi connectivity index (χ1) is 26.5. The van der Waals surface area contributed by atoms with Crippen molar-refractivity contribution in [2.45, 2.75) is 30.8 Å². The maximum atomic E-state index is 2.48. The van der Waals surface area contributed by atoms with Gasteiger partial charge in [0, 0.05) is 50.4 Å². The first-order valence-electron chi connectivity index (χ1n) is 18.9. The van der Waals surface area contributed by atoms with Crippen LogP contribution < -0.4 is 4.90 Å². The number of hydrogen-bond acceptors (Lipinski definition) is 2. The number of thioether (sulfide) groups is 1. The number of aromatic nitrogens is 1. The van der Waals surface area contributed by atoms with Crippen LogP contribution >= 0.6 is 11.8 Å². The normalized spacial score (nSPS) is 14.0. The van der Waals surface area contributed by atoms with E-state index in [-0.39, 0.29) is 5.41 Å². The average molecular weight is 711 g/mol. The second-order valence-electron chi connectivity index (χ2n) is 15.3. The van der Waals surface area contributed by atoms with Crippen LogP contribution in [0, 0.1) is 0 Å². The molecule has 9 aromatic rings. The molecule has 0 bridgehead atoms. The zero-order valence-corrected chi connectivity index (χ0v) is 31.2. The van der Waals surface area contributed by atoms with Crippen LogP contribution in [0.25, 0.3) is 60.5 Å². The summed E-state index contributed by atoms with van der Waals surface area (Å²) in [7, 11) is 0. The third-order valence-corrected chi connectivity index (χ3v) is 12.9. The van der Waals surface area contributed by atoms with Gasteiger partial charge in [-0.1, -0.05) is 123 Å². The second kappa shape index (κ2) is 12.0. The zero-order chi connectivity index (χ0) is 36.0. The second-order valence-corrected chi connectivity index (χ2v) is 16.3. The minimum absolute atomic E-state index is 0.164. The summed E-state index contributed by atoms with van der Waals surface area (Å²) in [5.74, 6) is 2.17. The van der Waals surface area contributed by atoms with Crippen molar-refractivity contribution in [3.63, 3.8) is 0 Å². The lowest BCUT2D eigenvalue weighted by Crippen LogP contribution is -2.17. The number of para-hydroxylation sites is 2. The van der Waals surface area contributed by atoms with Crippen molar-refractivity contribution in [1.29, 1.82) is 0 Å². The fraction of sp³-hybridized carbons (Fsp3) is 0.0980. The summed E-state index contributed by atoms with van der Waals surface area (Å²) >= 11 is 2.02. The lowest BCUT2D eigenvalue weighted by molar-refractivity contribution is 0.660. The molecule has 0 unspecified atom stereocenters. The first-order valence-corrected chi connectivity index (χ1v) is 20.0. The summed E-state index contributed by atoms with van der Waals surface area (Å²) in [6.45, 7) is 4.79. The molecule has 2 nitrogen and oxygen atoms in total. The van der Waals surface area contributed by atoms with E-state index >= 15 is 0 Å². The highest BCUT2D eigenvalue weighted by atomic mass is 32.2. The Bertz CT molecular complexity index is 2910. The Morgan fingerprint density at radius 1 is 0.500 bits per heavy atom. The van der Waals surface area contributed by atoms with E-state index in [4.69, 9.17) is 0 Å². The highest BCUT2D eigenvalue weighted by Crippen LogP contribution is 2.55. The van der Waals surface area contributed by atoms with Gasteiger partial charge in [-0.25, -0.2) is 0 Å². The van der Waals surface area contributed by atoms with Gasteiger partial charge >= 0.3 is 0 Å². The number of anilines is 3. The Hall–Kier alpha value is -6.03. The number of benzene rings is 8. The molecule has 0 N–H and O–H groups in total. The van der Waals surface area contributed by atoms with Crippen molar-refractivity contribution in [2.24, 2.45) is 0 Å². The Morgan fingerprint density at radius 2 is 1.20 bits per heavy atom. The lowest BCUT2D eigenvalue weighted by Gasteiger charge is -2.30. The zero-order valence-electron chi connectivity index (χ0n) is 30.4. The molecule has 1 aliphatic carbocycles. The summed E-state index contributed by atoms with van der Waals surface area (Å²) in [5.41, 5.74) is 17.8. The van der Waals surface area contributed by atoms with Crippen LogP contribution in [-0.4, -0.2) is 4.57 Å². The molecule has 0 amide bonds. The molecule has 2 aliphatic rings. The molecule has 0 fully saturated rings. The van der Waals surface area contributed by atoms with Crippen LogP contribution in [0.3, 0.4) is 0 Å². The van der Waals surface area contributed by atoms with Crippen molar-refractivity contribution in [1.82, 2.24) is 4.57 Å². The van der Waals surface area contributed by atoms with Crippen molar-refractivity contribution in [2.75, 3.05) is 4.90 Å². The molecule has 0 radical (unpaired) electrons. The van der Waals surface area contributed by atoms with Gasteiger partial charge in [0.15, 0.2) is 0 Å². The maximum absolute atomic E-state index is 2.48. The minimum Gasteiger partial charge on any atom is -0.310 e. The highest BCUT2D eigenvalue weighted by Gasteiger charge is 2.38. The van der Waals surface area contributed by atoms with Crippen LogP contribution in [0.15, 0.2) is 170 Å². The predicted octanol–water partition coefficient (Wildman–Crippen LogP) is 14.1. The van der Waals surface area contributed by atoms with E-state index in [9.17, 15) is 0 Å². The lowest BCUT2D eigenvalue weighted by atomic mass is 9.81. The summed E-state index contributed by atoms with van der Waals surface area (Å²) in [5, 5.41) is 5.00. The molecule has 258 valence electrons. The fourth-order valence-corrected chi connectivity index (χ4v) is 10.3. The number of nitrogens with zero attached hydrogens (tertiary/aromatic N) is 2. The Labute approximate surface area is 320 Å². The van der Waals surface area contributed by atoms with Gasteiger partial charge in [-0.05, 0) is 116 Å². The topological polar surface area (TPSA) is 8.17 Å². The van der Waals surface area contributed by atoms with Gasteiger partial charge in [0.05, 0.1) is 11.0 Å². The molecule has 1 aromatic heterocycles. The fourth-order valence-electron chi connectivity index (χ4n) is 9.23. The Morgan fingerprint density at radius 3 is 2.04 bits per heavy atom. The van der Waals surface area contributed by atoms with E-state index in [0.29, 0.717) is 0 Å². The largest absolute Gasteiger partial charge is 0.310 e. The standard InChI is InChI=1S/C51H38N2S/c1-51(2)46-19-8-5-18-44(46)50-45(35-22-23-36-31-54-32-37(36)26-35)29-41(30-47(50)51)52(40-25-24-33-12-3-4-13-34(33)27-40)38-14-11-15-39(28-38)53-48-20-9-6-16-42(48)43-17-7-10-21-49(43)53/h3-30H,31-32H2,1-2H3. The van der Waals surface area contributed by atoms with E-state index in [0.717, 1.165) is 34.3 Å². The van der Waals surface area contributed by atoms with Crippen LogP contribution in [0.5, 0.6) is 0 Å². The molecule has 2 heterocycles. The van der Waals surface area contributed by atoms with Gasteiger partial charge in [-0.3, -0.25) is 0 Å². The summed E-state index contributed by atoms with van der Waals surface area (Å²) in [6, 6.07) is 63.4. The van der Waals surface area contributed by atoms with Crippen LogP contribution in [-0.2, 0) is 16.9 Å². The summed E-state index contributed by atoms with van der Waals surface area (Å²) in [4.78, 5) is 2.48. The maximum Gasteiger partial charge on any atom is 0.0541 e. The number of hydrogen-bond donors (Lipinski definition) is 0. The smallest absolute Gasteiger partial charge is 0.0541 e. The molecule has 0 spiro atoms. The minimum atomic E-state index is -0.164. The average Bonchev–Trinajstić information content (AvgIpc) is 3.89. The molecule has 0 saturated carbocycles. The Balaban J connectivity index is 1.19. The van der Waals surface area contributed by atoms with Gasteiger partial charge in [-0.15, -0.1) is 0 Å². The van der Waals surface area contributed by atoms with Crippen LogP contribution in [0.1, 0.15) is 36.1 Å². The van der Waals surface area contributed by atoms with Gasteiger partial charge in [0.25, 0.3) is 0 Å². The molecule has 0 saturated heterocycles. The van der Waals surface area contributed by atoms with Gasteiger partial charge in [-0.2, -0.15) is 11.8 Å². The molecule has 3 heteroatoms. The van der Waals surface area contributed by atoms with E-state index < -0.39 is 0 Å². The predicted molar refractivity (Wildman–Crippen MR) is 231 cm³/mol. The van der Waals surface area contributed by atoms with Crippen molar-refractivity contribution >= 4 is 61.4 Å². The van der Waals surface area contributed by atoms with Crippen molar-refractivity contribution in [3.05, 3.63) is 192 Å². The SMILES string of the molecule is CC1(C)c2ccccc2-c2c(-c3ccc4c(c3)CSC4)cc(N(c3cccc(-n4c5ccccc5c5ccccc54)c3)c3ccc4ccccc4c3)cc21. The van der Waals surface area contributed by atoms with E-state index in [1.165, 1.54) is 77.1 Å². The van der Waals surface area contributed by atoms with E-state index in [2.05, 4.69) is 193 Å². The third kappa shape index (κ3) is 4.75. The molecule has 11 rings (SSSR count). The van der Waals surface area contributed by atoms with Gasteiger partial charge in [0.1, 0.15) is 0 Å². The number of rotatable bonds is 5. The summed E-state index contributed by atoms with van der Waals surface area (Å²) in [6.07, 6.45) is 0. The van der Waals surface area contributed by atoms with E-state index in [1.54, 1.807) is 0 Å². The molecular weight excluding hydrogens is 673 g/mol. The molecule has 1 aliphatic heterocycles.